The van der Waals surface area contributed by atoms with Crippen LogP contribution in [0, 0.1) is 0 Å². The van der Waals surface area contributed by atoms with Crippen LogP contribution in [0.15, 0.2) is 24.0 Å². The van der Waals surface area contributed by atoms with E-state index in [1.54, 1.807) is 11.3 Å². The monoisotopic (exact) mass is 208 g/mol. The lowest BCUT2D eigenvalue weighted by Gasteiger charge is -1.98. The molecule has 0 aliphatic carbocycles. The summed E-state index contributed by atoms with van der Waals surface area (Å²) in [6.45, 7) is 1.67. The van der Waals surface area contributed by atoms with Gasteiger partial charge in [-0.05, 0) is 6.07 Å². The summed E-state index contributed by atoms with van der Waals surface area (Å²) in [6, 6.07) is 2.01. The predicted molar refractivity (Wildman–Crippen MR) is 55.9 cm³/mol. The van der Waals surface area contributed by atoms with E-state index in [0.29, 0.717) is 0 Å². The minimum Gasteiger partial charge on any atom is -0.306 e. The Kier molecular flexibility index (Phi) is 2.90. The Bertz CT molecular complexity index is 379. The van der Waals surface area contributed by atoms with E-state index in [9.17, 15) is 0 Å². The van der Waals surface area contributed by atoms with E-state index in [0.717, 1.165) is 18.8 Å². The largest absolute Gasteiger partial charge is 0.306 e. The Morgan fingerprint density at radius 1 is 1.50 bits per heavy atom. The van der Waals surface area contributed by atoms with Crippen molar-refractivity contribution in [2.24, 2.45) is 7.05 Å². The standard InChI is InChI=1S/C9H12N4S/c1-13-3-2-8(12-13)4-10-5-9-6-11-7-14-9/h2-3,6-7,10H,4-5H2,1H3. The van der Waals surface area contributed by atoms with Crippen LogP contribution in [-0.2, 0) is 20.1 Å². The van der Waals surface area contributed by atoms with Crippen molar-refractivity contribution < 1.29 is 0 Å². The van der Waals surface area contributed by atoms with Crippen LogP contribution in [0.2, 0.25) is 0 Å². The number of rotatable bonds is 4. The van der Waals surface area contributed by atoms with E-state index in [1.165, 1.54) is 4.88 Å². The number of hydrogen-bond acceptors (Lipinski definition) is 4. The van der Waals surface area contributed by atoms with Crippen LogP contribution in [-0.4, -0.2) is 14.8 Å². The lowest BCUT2D eigenvalue weighted by Crippen LogP contribution is -2.12. The first-order valence-electron chi connectivity index (χ1n) is 4.41. The third kappa shape index (κ3) is 2.40. The quantitative estimate of drug-likeness (QED) is 0.820. The number of aryl methyl sites for hydroxylation is 1. The second kappa shape index (κ2) is 4.34. The van der Waals surface area contributed by atoms with Gasteiger partial charge in [0, 0.05) is 37.4 Å². The Morgan fingerprint density at radius 2 is 2.43 bits per heavy atom. The molecule has 74 valence electrons. The molecule has 2 aromatic rings. The molecular formula is C9H12N4S. The normalized spacial score (nSPS) is 10.6. The van der Waals surface area contributed by atoms with Crippen molar-refractivity contribution in [3.05, 3.63) is 34.5 Å². The predicted octanol–water partition coefficient (Wildman–Crippen LogP) is 1.17. The van der Waals surface area contributed by atoms with E-state index in [2.05, 4.69) is 15.4 Å². The summed E-state index contributed by atoms with van der Waals surface area (Å²) >= 11 is 1.66. The van der Waals surface area contributed by atoms with Gasteiger partial charge >= 0.3 is 0 Å². The van der Waals surface area contributed by atoms with Crippen LogP contribution >= 0.6 is 11.3 Å². The highest BCUT2D eigenvalue weighted by atomic mass is 32.1. The summed E-state index contributed by atoms with van der Waals surface area (Å²) in [7, 11) is 1.92. The lowest BCUT2D eigenvalue weighted by atomic mass is 10.4. The van der Waals surface area contributed by atoms with E-state index in [-0.39, 0.29) is 0 Å². The summed E-state index contributed by atoms with van der Waals surface area (Å²) in [5, 5.41) is 7.58. The van der Waals surface area contributed by atoms with E-state index in [1.807, 2.05) is 35.7 Å². The van der Waals surface area contributed by atoms with Gasteiger partial charge in [-0.25, -0.2) is 0 Å². The van der Waals surface area contributed by atoms with Gasteiger partial charge in [-0.2, -0.15) is 5.10 Å². The Morgan fingerprint density at radius 3 is 3.07 bits per heavy atom. The highest BCUT2D eigenvalue weighted by Crippen LogP contribution is 2.04. The van der Waals surface area contributed by atoms with Gasteiger partial charge in [0.1, 0.15) is 0 Å². The summed E-state index contributed by atoms with van der Waals surface area (Å²) in [6.07, 6.45) is 3.83. The zero-order chi connectivity index (χ0) is 9.80. The number of nitrogens with zero attached hydrogens (tertiary/aromatic N) is 3. The van der Waals surface area contributed by atoms with Gasteiger partial charge in [0.2, 0.25) is 0 Å². The molecule has 0 saturated carbocycles. The van der Waals surface area contributed by atoms with Gasteiger partial charge in [-0.1, -0.05) is 0 Å². The van der Waals surface area contributed by atoms with Crippen LogP contribution in [0.5, 0.6) is 0 Å². The van der Waals surface area contributed by atoms with Gasteiger partial charge in [-0.3, -0.25) is 9.67 Å². The molecule has 0 atom stereocenters. The fourth-order valence-corrected chi connectivity index (χ4v) is 1.76. The molecule has 2 heterocycles. The minimum atomic E-state index is 0.804. The maximum Gasteiger partial charge on any atom is 0.0794 e. The average molecular weight is 208 g/mol. The number of hydrogen-bond donors (Lipinski definition) is 1. The Labute approximate surface area is 86.6 Å². The van der Waals surface area contributed by atoms with E-state index >= 15 is 0 Å². The summed E-state index contributed by atoms with van der Waals surface area (Å²) in [4.78, 5) is 5.26. The SMILES string of the molecule is Cn1ccc(CNCc2cncs2)n1. The Hall–Kier alpha value is -1.20. The minimum absolute atomic E-state index is 0.804. The van der Waals surface area contributed by atoms with Crippen LogP contribution in [0.3, 0.4) is 0 Å². The summed E-state index contributed by atoms with van der Waals surface area (Å²) in [5.41, 5.74) is 2.91. The maximum atomic E-state index is 4.27. The number of nitrogens with one attached hydrogen (secondary N) is 1. The molecule has 0 aliphatic rings. The molecule has 0 radical (unpaired) electrons. The first-order chi connectivity index (χ1) is 6.84. The molecule has 2 aromatic heterocycles. The van der Waals surface area contributed by atoms with Crippen LogP contribution in [0.25, 0.3) is 0 Å². The number of aromatic nitrogens is 3. The molecular weight excluding hydrogens is 196 g/mol. The molecule has 0 saturated heterocycles. The van der Waals surface area contributed by atoms with E-state index in [4.69, 9.17) is 0 Å². The molecule has 2 rings (SSSR count). The average Bonchev–Trinajstić information content (AvgIpc) is 2.77. The van der Waals surface area contributed by atoms with Crippen molar-refractivity contribution in [2.75, 3.05) is 0 Å². The van der Waals surface area contributed by atoms with Crippen LogP contribution in [0.4, 0.5) is 0 Å². The van der Waals surface area contributed by atoms with Gasteiger partial charge in [0.25, 0.3) is 0 Å². The molecule has 0 aliphatic heterocycles. The van der Waals surface area contributed by atoms with Gasteiger partial charge in [0.15, 0.2) is 0 Å². The molecule has 0 unspecified atom stereocenters. The van der Waals surface area contributed by atoms with Gasteiger partial charge in [0.05, 0.1) is 11.2 Å². The highest BCUT2D eigenvalue weighted by Gasteiger charge is 1.97. The van der Waals surface area contributed by atoms with Gasteiger partial charge < -0.3 is 5.32 Å². The van der Waals surface area contributed by atoms with Crippen molar-refractivity contribution >= 4 is 11.3 Å². The van der Waals surface area contributed by atoms with Crippen molar-refractivity contribution in [3.8, 4) is 0 Å². The molecule has 0 fully saturated rings. The lowest BCUT2D eigenvalue weighted by molar-refractivity contribution is 0.660. The zero-order valence-electron chi connectivity index (χ0n) is 7.97. The molecule has 4 nitrogen and oxygen atoms in total. The number of thiazole rings is 1. The van der Waals surface area contributed by atoms with E-state index < -0.39 is 0 Å². The third-order valence-corrected chi connectivity index (χ3v) is 2.64. The highest BCUT2D eigenvalue weighted by molar-refractivity contribution is 7.09. The molecule has 5 heteroatoms. The fraction of sp³-hybridized carbons (Fsp3) is 0.333. The van der Waals surface area contributed by atoms with Crippen molar-refractivity contribution in [3.63, 3.8) is 0 Å². The fourth-order valence-electron chi connectivity index (χ4n) is 1.20. The second-order valence-corrected chi connectivity index (χ2v) is 4.02. The van der Waals surface area contributed by atoms with Crippen molar-refractivity contribution in [1.29, 1.82) is 0 Å². The molecule has 0 amide bonds. The Balaban J connectivity index is 1.78. The van der Waals surface area contributed by atoms with Gasteiger partial charge in [-0.15, -0.1) is 11.3 Å². The summed E-state index contributed by atoms with van der Waals surface area (Å²) in [5.74, 6) is 0. The molecule has 0 bridgehead atoms. The first-order valence-corrected chi connectivity index (χ1v) is 5.29. The molecule has 14 heavy (non-hydrogen) atoms. The molecule has 1 N–H and O–H groups in total. The topological polar surface area (TPSA) is 42.7 Å². The van der Waals surface area contributed by atoms with Crippen molar-refractivity contribution in [1.82, 2.24) is 20.1 Å². The van der Waals surface area contributed by atoms with Crippen LogP contribution < -0.4 is 5.32 Å². The second-order valence-electron chi connectivity index (χ2n) is 3.05. The smallest absolute Gasteiger partial charge is 0.0794 e. The first kappa shape index (κ1) is 9.36. The molecule has 0 spiro atoms. The summed E-state index contributed by atoms with van der Waals surface area (Å²) < 4.78 is 1.81. The van der Waals surface area contributed by atoms with Crippen molar-refractivity contribution in [2.45, 2.75) is 13.1 Å². The maximum absolute atomic E-state index is 4.27. The molecule has 0 aromatic carbocycles. The zero-order valence-corrected chi connectivity index (χ0v) is 8.79. The van der Waals surface area contributed by atoms with Crippen LogP contribution in [0.1, 0.15) is 10.6 Å². The third-order valence-electron chi connectivity index (χ3n) is 1.86.